The van der Waals surface area contributed by atoms with Crippen LogP contribution in [-0.2, 0) is 5.41 Å². The molecule has 8 aromatic rings. The second-order valence-corrected chi connectivity index (χ2v) is 13.4. The Morgan fingerprint density at radius 2 is 0.958 bits per heavy atom. The number of hydrogen-bond donors (Lipinski definition) is 0. The molecule has 0 aliphatic heterocycles. The fourth-order valence-electron chi connectivity index (χ4n) is 6.81. The molecule has 232 valence electrons. The molecule has 0 atom stereocenters. The molecular formula is C46H37NO. The van der Waals surface area contributed by atoms with Gasteiger partial charge in [0.25, 0.3) is 0 Å². The summed E-state index contributed by atoms with van der Waals surface area (Å²) in [6.45, 7) is 6.91. The lowest BCUT2D eigenvalue weighted by Crippen LogP contribution is -2.19. The third-order valence-corrected chi connectivity index (χ3v) is 9.22. The molecule has 0 aliphatic rings. The van der Waals surface area contributed by atoms with Crippen molar-refractivity contribution in [3.8, 4) is 33.4 Å². The maximum Gasteiger partial charge on any atom is 0.136 e. The Balaban J connectivity index is 1.27. The minimum Gasteiger partial charge on any atom is -0.456 e. The average molecular weight is 620 g/mol. The predicted octanol–water partition coefficient (Wildman–Crippen LogP) is 13.4. The minimum atomic E-state index is -0.0969. The van der Waals surface area contributed by atoms with Gasteiger partial charge in [0.2, 0.25) is 0 Å². The lowest BCUT2D eigenvalue weighted by molar-refractivity contribution is 0.591. The van der Waals surface area contributed by atoms with Gasteiger partial charge < -0.3 is 9.32 Å². The van der Waals surface area contributed by atoms with E-state index in [0.29, 0.717) is 0 Å². The van der Waals surface area contributed by atoms with E-state index in [1.54, 1.807) is 0 Å². The Labute approximate surface area is 282 Å². The minimum absolute atomic E-state index is 0.0969. The quantitative estimate of drug-likeness (QED) is 0.184. The predicted molar refractivity (Wildman–Crippen MR) is 203 cm³/mol. The normalized spacial score (nSPS) is 11.6. The molecule has 1 heterocycles. The van der Waals surface area contributed by atoms with Crippen LogP contribution in [0.4, 0.5) is 17.1 Å². The molecule has 2 nitrogen and oxygen atoms in total. The first-order valence-corrected chi connectivity index (χ1v) is 16.6. The molecule has 0 saturated heterocycles. The van der Waals surface area contributed by atoms with E-state index >= 15 is 0 Å². The van der Waals surface area contributed by atoms with Crippen molar-refractivity contribution in [3.63, 3.8) is 0 Å². The molecule has 0 aliphatic carbocycles. The summed E-state index contributed by atoms with van der Waals surface area (Å²) < 4.78 is 6.21. The third-order valence-electron chi connectivity index (χ3n) is 9.22. The molecule has 2 heteroatoms. The van der Waals surface area contributed by atoms with E-state index in [9.17, 15) is 0 Å². The van der Waals surface area contributed by atoms with Crippen molar-refractivity contribution in [1.82, 2.24) is 0 Å². The third kappa shape index (κ3) is 5.46. The van der Waals surface area contributed by atoms with Crippen molar-refractivity contribution in [2.24, 2.45) is 0 Å². The van der Waals surface area contributed by atoms with Crippen molar-refractivity contribution < 1.29 is 4.42 Å². The molecule has 0 amide bonds. The van der Waals surface area contributed by atoms with Gasteiger partial charge in [-0.1, -0.05) is 142 Å². The first-order valence-electron chi connectivity index (χ1n) is 16.6. The largest absolute Gasteiger partial charge is 0.456 e. The van der Waals surface area contributed by atoms with Crippen LogP contribution in [0.1, 0.15) is 26.3 Å². The summed E-state index contributed by atoms with van der Waals surface area (Å²) in [7, 11) is 0. The first kappa shape index (κ1) is 29.5. The Morgan fingerprint density at radius 1 is 0.438 bits per heavy atom. The van der Waals surface area contributed by atoms with Crippen LogP contribution in [0, 0.1) is 0 Å². The van der Waals surface area contributed by atoms with Crippen LogP contribution in [0.3, 0.4) is 0 Å². The molecule has 8 rings (SSSR count). The molecule has 0 spiro atoms. The number of furan rings is 1. The molecule has 0 fully saturated rings. The Kier molecular flexibility index (Phi) is 7.42. The van der Waals surface area contributed by atoms with Gasteiger partial charge in [-0.3, -0.25) is 0 Å². The van der Waals surface area contributed by atoms with Crippen molar-refractivity contribution >= 4 is 39.0 Å². The van der Waals surface area contributed by atoms with Crippen LogP contribution in [0.2, 0.25) is 0 Å². The van der Waals surface area contributed by atoms with Gasteiger partial charge in [0, 0.05) is 27.8 Å². The van der Waals surface area contributed by atoms with Crippen LogP contribution in [0.15, 0.2) is 174 Å². The van der Waals surface area contributed by atoms with Gasteiger partial charge in [-0.25, -0.2) is 0 Å². The number of nitrogens with zero attached hydrogens (tertiary/aromatic N) is 1. The summed E-state index contributed by atoms with van der Waals surface area (Å²) >= 11 is 0. The molecule has 48 heavy (non-hydrogen) atoms. The lowest BCUT2D eigenvalue weighted by Gasteiger charge is -2.32. The molecule has 7 aromatic carbocycles. The fraction of sp³-hybridized carbons (Fsp3) is 0.0870. The number of anilines is 3. The summed E-state index contributed by atoms with van der Waals surface area (Å²) in [5, 5.41) is 2.29. The molecule has 0 bridgehead atoms. The van der Waals surface area contributed by atoms with Crippen molar-refractivity contribution in [1.29, 1.82) is 0 Å². The molecule has 0 radical (unpaired) electrons. The van der Waals surface area contributed by atoms with Crippen LogP contribution < -0.4 is 4.90 Å². The fourth-order valence-corrected chi connectivity index (χ4v) is 6.81. The maximum absolute atomic E-state index is 6.21. The molecule has 0 N–H and O–H groups in total. The van der Waals surface area contributed by atoms with Gasteiger partial charge in [0.1, 0.15) is 11.2 Å². The van der Waals surface area contributed by atoms with Gasteiger partial charge in [-0.2, -0.15) is 0 Å². The second-order valence-electron chi connectivity index (χ2n) is 13.4. The highest BCUT2D eigenvalue weighted by molar-refractivity contribution is 6.12. The molecular weight excluding hydrogens is 583 g/mol. The van der Waals surface area contributed by atoms with E-state index < -0.39 is 0 Å². The highest BCUT2D eigenvalue weighted by Crippen LogP contribution is 2.44. The van der Waals surface area contributed by atoms with E-state index in [1.807, 2.05) is 12.1 Å². The van der Waals surface area contributed by atoms with Crippen molar-refractivity contribution in [2.75, 3.05) is 4.90 Å². The van der Waals surface area contributed by atoms with Gasteiger partial charge in [-0.15, -0.1) is 0 Å². The molecule has 0 unspecified atom stereocenters. The summed E-state index contributed by atoms with van der Waals surface area (Å²) in [5.41, 5.74) is 13.6. The molecule has 1 aromatic heterocycles. The monoisotopic (exact) mass is 619 g/mol. The van der Waals surface area contributed by atoms with Gasteiger partial charge in [0.15, 0.2) is 0 Å². The topological polar surface area (TPSA) is 16.4 Å². The zero-order valence-electron chi connectivity index (χ0n) is 27.5. The van der Waals surface area contributed by atoms with E-state index in [4.69, 9.17) is 4.42 Å². The Bertz CT molecular complexity index is 2340. The zero-order valence-corrected chi connectivity index (χ0v) is 27.5. The van der Waals surface area contributed by atoms with E-state index in [-0.39, 0.29) is 5.41 Å². The number of rotatable bonds is 6. The summed E-state index contributed by atoms with van der Waals surface area (Å²) in [6, 6.07) is 60.7. The zero-order chi connectivity index (χ0) is 32.7. The number of hydrogen-bond acceptors (Lipinski definition) is 2. The van der Waals surface area contributed by atoms with Crippen LogP contribution in [0.25, 0.3) is 55.3 Å². The van der Waals surface area contributed by atoms with Gasteiger partial charge >= 0.3 is 0 Å². The average Bonchev–Trinajstić information content (AvgIpc) is 3.52. The van der Waals surface area contributed by atoms with Crippen molar-refractivity contribution in [2.45, 2.75) is 26.2 Å². The number of fused-ring (bicyclic) bond motifs is 3. The summed E-state index contributed by atoms with van der Waals surface area (Å²) in [4.78, 5) is 2.40. The number of para-hydroxylation sites is 1. The van der Waals surface area contributed by atoms with E-state index in [0.717, 1.165) is 38.9 Å². The second kappa shape index (κ2) is 12.1. The van der Waals surface area contributed by atoms with Crippen molar-refractivity contribution in [3.05, 3.63) is 175 Å². The van der Waals surface area contributed by atoms with Crippen LogP contribution >= 0.6 is 0 Å². The Hall–Kier alpha value is -5.86. The van der Waals surface area contributed by atoms with Gasteiger partial charge in [0.05, 0.1) is 0 Å². The highest BCUT2D eigenvalue weighted by atomic mass is 16.3. The van der Waals surface area contributed by atoms with Crippen LogP contribution in [0.5, 0.6) is 0 Å². The standard InChI is InChI=1S/C46H37NO/c1-46(2,3)41-31-36(33-15-8-5-9-16-33)25-30-42(41)47(37-26-21-34(22-27-37)32-13-6-4-7-14-32)38-28-23-35(24-29-38)39-18-12-20-44-45(39)40-17-10-11-19-43(40)48-44/h4-31H,1-3H3. The van der Waals surface area contributed by atoms with Gasteiger partial charge in [-0.05, 0) is 92.9 Å². The molecule has 0 saturated carbocycles. The lowest BCUT2D eigenvalue weighted by atomic mass is 9.83. The van der Waals surface area contributed by atoms with E-state index in [1.165, 1.54) is 39.1 Å². The Morgan fingerprint density at radius 3 is 1.60 bits per heavy atom. The highest BCUT2D eigenvalue weighted by Gasteiger charge is 2.24. The number of benzene rings is 7. The summed E-state index contributed by atoms with van der Waals surface area (Å²) in [5.74, 6) is 0. The maximum atomic E-state index is 6.21. The SMILES string of the molecule is CC(C)(C)c1cc(-c2ccccc2)ccc1N(c1ccc(-c2ccccc2)cc1)c1ccc(-c2cccc3oc4ccccc4c23)cc1. The smallest absolute Gasteiger partial charge is 0.136 e. The van der Waals surface area contributed by atoms with E-state index in [2.05, 4.69) is 183 Å². The summed E-state index contributed by atoms with van der Waals surface area (Å²) in [6.07, 6.45) is 0. The van der Waals surface area contributed by atoms with Crippen LogP contribution in [-0.4, -0.2) is 0 Å². The first-order chi connectivity index (χ1) is 23.4.